The van der Waals surface area contributed by atoms with E-state index in [4.69, 9.17) is 0 Å². The second-order valence-corrected chi connectivity index (χ2v) is 3.92. The summed E-state index contributed by atoms with van der Waals surface area (Å²) in [6.07, 6.45) is 1.82. The van der Waals surface area contributed by atoms with Gasteiger partial charge in [0.05, 0.1) is 5.69 Å². The maximum absolute atomic E-state index is 4.31. The zero-order valence-electron chi connectivity index (χ0n) is 9.09. The largest absolute Gasteiger partial charge is 0.238 e. The maximum Gasteiger partial charge on any atom is 0.0655 e. The van der Waals surface area contributed by atoms with Crippen LogP contribution in [-0.4, -0.2) is 9.78 Å². The number of benzene rings is 2. The highest BCUT2D eigenvalue weighted by atomic mass is 15.3. The smallest absolute Gasteiger partial charge is 0.0655 e. The quantitative estimate of drug-likeness (QED) is 0.599. The Morgan fingerprint density at radius 1 is 0.938 bits per heavy atom. The zero-order valence-corrected chi connectivity index (χ0v) is 9.09. The topological polar surface area (TPSA) is 17.8 Å². The monoisotopic (exact) mass is 208 g/mol. The lowest BCUT2D eigenvalue weighted by Gasteiger charge is -2.05. The van der Waals surface area contributed by atoms with Crippen LogP contribution in [0.5, 0.6) is 0 Å². The number of aryl methyl sites for hydroxylation is 1. The van der Waals surface area contributed by atoms with Gasteiger partial charge in [-0.2, -0.15) is 5.10 Å². The summed E-state index contributed by atoms with van der Waals surface area (Å²) in [6.45, 7) is 2.06. The van der Waals surface area contributed by atoms with Crippen LogP contribution < -0.4 is 0 Å². The lowest BCUT2D eigenvalue weighted by atomic mass is 10.1. The molecule has 0 aliphatic rings. The van der Waals surface area contributed by atoms with Gasteiger partial charge in [0.1, 0.15) is 0 Å². The number of fused-ring (bicyclic) bond motifs is 1. The predicted molar refractivity (Wildman–Crippen MR) is 65.8 cm³/mol. The Balaban J connectivity index is 2.23. The molecule has 78 valence electrons. The summed E-state index contributed by atoms with van der Waals surface area (Å²) in [5.74, 6) is 0. The maximum atomic E-state index is 4.31. The summed E-state index contributed by atoms with van der Waals surface area (Å²) in [6, 6.07) is 16.8. The molecule has 0 unspecified atom stereocenters. The third-order valence-electron chi connectivity index (χ3n) is 2.81. The van der Waals surface area contributed by atoms with E-state index in [1.807, 2.05) is 16.9 Å². The fourth-order valence-electron chi connectivity index (χ4n) is 1.95. The first-order chi connectivity index (χ1) is 7.84. The Hall–Kier alpha value is -2.09. The number of hydrogen-bond donors (Lipinski definition) is 0. The molecule has 0 fully saturated rings. The average molecular weight is 208 g/mol. The van der Waals surface area contributed by atoms with Crippen LogP contribution in [0.4, 0.5) is 0 Å². The molecule has 0 aliphatic heterocycles. The summed E-state index contributed by atoms with van der Waals surface area (Å²) in [5.41, 5.74) is 2.26. The zero-order chi connectivity index (χ0) is 11.0. The molecule has 2 heteroatoms. The molecule has 0 amide bonds. The van der Waals surface area contributed by atoms with Crippen molar-refractivity contribution in [2.24, 2.45) is 0 Å². The highest BCUT2D eigenvalue weighted by Gasteiger charge is 2.01. The van der Waals surface area contributed by atoms with Crippen molar-refractivity contribution >= 4 is 10.8 Å². The minimum atomic E-state index is 1.11. The first-order valence-electron chi connectivity index (χ1n) is 5.34. The van der Waals surface area contributed by atoms with E-state index < -0.39 is 0 Å². The van der Waals surface area contributed by atoms with E-state index in [1.54, 1.807) is 0 Å². The van der Waals surface area contributed by atoms with Crippen molar-refractivity contribution in [3.63, 3.8) is 0 Å². The molecular formula is C14H12N2. The summed E-state index contributed by atoms with van der Waals surface area (Å²) >= 11 is 0. The summed E-state index contributed by atoms with van der Waals surface area (Å²) in [4.78, 5) is 0. The van der Waals surface area contributed by atoms with Gasteiger partial charge in [-0.25, -0.2) is 4.68 Å². The molecule has 0 radical (unpaired) electrons. The van der Waals surface area contributed by atoms with Crippen molar-refractivity contribution in [1.82, 2.24) is 9.78 Å². The molecule has 0 aliphatic carbocycles. The van der Waals surface area contributed by atoms with Crippen LogP contribution in [0.15, 0.2) is 54.7 Å². The van der Waals surface area contributed by atoms with E-state index in [9.17, 15) is 0 Å². The molecule has 1 heterocycles. The van der Waals surface area contributed by atoms with Crippen LogP contribution in [0.25, 0.3) is 16.5 Å². The Morgan fingerprint density at radius 3 is 2.50 bits per heavy atom. The molecule has 2 aromatic carbocycles. The highest BCUT2D eigenvalue weighted by Crippen LogP contribution is 2.18. The second-order valence-electron chi connectivity index (χ2n) is 3.92. The normalized spacial score (nSPS) is 10.8. The molecule has 0 saturated carbocycles. The standard InChI is InChI=1S/C14H12N2/c1-11-8-9-15-16(11)14-7-6-12-4-2-3-5-13(12)10-14/h2-10H,1H3. The molecule has 2 nitrogen and oxygen atoms in total. The number of nitrogens with zero attached hydrogens (tertiary/aromatic N) is 2. The Bertz CT molecular complexity index is 638. The van der Waals surface area contributed by atoms with Gasteiger partial charge in [0.25, 0.3) is 0 Å². The van der Waals surface area contributed by atoms with Gasteiger partial charge in [-0.3, -0.25) is 0 Å². The third-order valence-corrected chi connectivity index (χ3v) is 2.81. The van der Waals surface area contributed by atoms with Crippen molar-refractivity contribution in [3.8, 4) is 5.69 Å². The minimum Gasteiger partial charge on any atom is -0.238 e. The second kappa shape index (κ2) is 3.49. The number of hydrogen-bond acceptors (Lipinski definition) is 1. The molecule has 0 N–H and O–H groups in total. The van der Waals surface area contributed by atoms with Gasteiger partial charge in [0.15, 0.2) is 0 Å². The van der Waals surface area contributed by atoms with Crippen LogP contribution in [0, 0.1) is 6.92 Å². The Kier molecular flexibility index (Phi) is 2.00. The van der Waals surface area contributed by atoms with Crippen LogP contribution in [0.3, 0.4) is 0 Å². The fourth-order valence-corrected chi connectivity index (χ4v) is 1.95. The Morgan fingerprint density at radius 2 is 1.75 bits per heavy atom. The van der Waals surface area contributed by atoms with Gasteiger partial charge in [0.2, 0.25) is 0 Å². The molecule has 3 aromatic rings. The van der Waals surface area contributed by atoms with Crippen molar-refractivity contribution in [2.45, 2.75) is 6.92 Å². The molecule has 0 bridgehead atoms. The van der Waals surface area contributed by atoms with Crippen LogP contribution in [0.2, 0.25) is 0 Å². The van der Waals surface area contributed by atoms with E-state index in [1.165, 1.54) is 10.8 Å². The van der Waals surface area contributed by atoms with E-state index in [0.717, 1.165) is 11.4 Å². The van der Waals surface area contributed by atoms with Gasteiger partial charge in [-0.1, -0.05) is 30.3 Å². The molecule has 0 spiro atoms. The van der Waals surface area contributed by atoms with Crippen LogP contribution >= 0.6 is 0 Å². The van der Waals surface area contributed by atoms with Crippen molar-refractivity contribution in [1.29, 1.82) is 0 Å². The van der Waals surface area contributed by atoms with Gasteiger partial charge in [-0.05, 0) is 35.9 Å². The van der Waals surface area contributed by atoms with Gasteiger partial charge in [-0.15, -0.1) is 0 Å². The highest BCUT2D eigenvalue weighted by molar-refractivity contribution is 5.84. The van der Waals surface area contributed by atoms with Gasteiger partial charge in [0, 0.05) is 11.9 Å². The first kappa shape index (κ1) is 9.16. The summed E-state index contributed by atoms with van der Waals surface area (Å²) < 4.78 is 1.95. The third kappa shape index (κ3) is 1.39. The molecule has 3 rings (SSSR count). The summed E-state index contributed by atoms with van der Waals surface area (Å²) in [7, 11) is 0. The van der Waals surface area contributed by atoms with E-state index in [2.05, 4.69) is 54.5 Å². The molecule has 1 aromatic heterocycles. The minimum absolute atomic E-state index is 1.11. The van der Waals surface area contributed by atoms with Crippen molar-refractivity contribution in [3.05, 3.63) is 60.4 Å². The number of aromatic nitrogens is 2. The lowest BCUT2D eigenvalue weighted by molar-refractivity contribution is 0.848. The van der Waals surface area contributed by atoms with Crippen LogP contribution in [0.1, 0.15) is 5.69 Å². The molecule has 0 saturated heterocycles. The van der Waals surface area contributed by atoms with Gasteiger partial charge >= 0.3 is 0 Å². The predicted octanol–water partition coefficient (Wildman–Crippen LogP) is 3.33. The van der Waals surface area contributed by atoms with E-state index in [-0.39, 0.29) is 0 Å². The van der Waals surface area contributed by atoms with Crippen LogP contribution in [-0.2, 0) is 0 Å². The van der Waals surface area contributed by atoms with E-state index in [0.29, 0.717) is 0 Å². The lowest BCUT2D eigenvalue weighted by Crippen LogP contribution is -1.97. The SMILES string of the molecule is Cc1ccnn1-c1ccc2ccccc2c1. The first-order valence-corrected chi connectivity index (χ1v) is 5.34. The number of rotatable bonds is 1. The Labute approximate surface area is 94.1 Å². The van der Waals surface area contributed by atoms with Crippen molar-refractivity contribution < 1.29 is 0 Å². The fraction of sp³-hybridized carbons (Fsp3) is 0.0714. The van der Waals surface area contributed by atoms with Crippen molar-refractivity contribution in [2.75, 3.05) is 0 Å². The van der Waals surface area contributed by atoms with E-state index >= 15 is 0 Å². The summed E-state index contributed by atoms with van der Waals surface area (Å²) in [5, 5.41) is 6.82. The molecule has 16 heavy (non-hydrogen) atoms. The average Bonchev–Trinajstić information content (AvgIpc) is 2.75. The molecular weight excluding hydrogens is 196 g/mol. The molecule has 0 atom stereocenters. The van der Waals surface area contributed by atoms with Gasteiger partial charge < -0.3 is 0 Å².